The summed E-state index contributed by atoms with van der Waals surface area (Å²) in [6.07, 6.45) is 0.998. The molecule has 0 spiro atoms. The van der Waals surface area contributed by atoms with Gasteiger partial charge in [-0.3, -0.25) is 14.4 Å². The molecule has 3 N–H and O–H groups in total. The van der Waals surface area contributed by atoms with Crippen molar-refractivity contribution in [2.24, 2.45) is 11.1 Å². The SMILES string of the molecule is C[C@]12CN(C(=O)CCCN)C[C@H]1NC(=O)c1ccccc1C2=O. The zero-order chi connectivity index (χ0) is 16.6. The van der Waals surface area contributed by atoms with Gasteiger partial charge in [-0.05, 0) is 26.0 Å². The van der Waals surface area contributed by atoms with Gasteiger partial charge < -0.3 is 16.0 Å². The van der Waals surface area contributed by atoms with Crippen LogP contribution in [0.1, 0.15) is 40.5 Å². The Kier molecular flexibility index (Phi) is 3.93. The van der Waals surface area contributed by atoms with Crippen LogP contribution in [0.3, 0.4) is 0 Å². The van der Waals surface area contributed by atoms with E-state index in [9.17, 15) is 14.4 Å². The first-order valence-corrected chi connectivity index (χ1v) is 7.90. The van der Waals surface area contributed by atoms with Crippen LogP contribution in [0, 0.1) is 5.41 Å². The number of nitrogens with one attached hydrogen (secondary N) is 1. The zero-order valence-electron chi connectivity index (χ0n) is 13.2. The third-order valence-electron chi connectivity index (χ3n) is 4.88. The minimum Gasteiger partial charge on any atom is -0.346 e. The van der Waals surface area contributed by atoms with E-state index >= 15 is 0 Å². The highest BCUT2D eigenvalue weighted by atomic mass is 16.2. The van der Waals surface area contributed by atoms with Gasteiger partial charge in [0.2, 0.25) is 5.91 Å². The summed E-state index contributed by atoms with van der Waals surface area (Å²) in [5.41, 5.74) is 5.51. The van der Waals surface area contributed by atoms with Crippen molar-refractivity contribution in [2.75, 3.05) is 19.6 Å². The molecule has 2 amide bonds. The monoisotopic (exact) mass is 315 g/mol. The van der Waals surface area contributed by atoms with Crippen molar-refractivity contribution in [3.8, 4) is 0 Å². The first-order valence-electron chi connectivity index (χ1n) is 7.90. The molecule has 0 unspecified atom stereocenters. The largest absolute Gasteiger partial charge is 0.346 e. The summed E-state index contributed by atoms with van der Waals surface area (Å²) >= 11 is 0. The quantitative estimate of drug-likeness (QED) is 0.853. The van der Waals surface area contributed by atoms with Crippen LogP contribution in [0.5, 0.6) is 0 Å². The van der Waals surface area contributed by atoms with Gasteiger partial charge in [-0.2, -0.15) is 0 Å². The summed E-state index contributed by atoms with van der Waals surface area (Å²) in [6, 6.07) is 6.49. The van der Waals surface area contributed by atoms with E-state index in [1.54, 1.807) is 29.2 Å². The molecule has 1 saturated heterocycles. The van der Waals surface area contributed by atoms with Gasteiger partial charge in [-0.1, -0.05) is 18.2 Å². The van der Waals surface area contributed by atoms with Gasteiger partial charge in [0.1, 0.15) is 0 Å². The summed E-state index contributed by atoms with van der Waals surface area (Å²) in [6.45, 7) is 2.99. The van der Waals surface area contributed by atoms with Gasteiger partial charge in [0.15, 0.2) is 5.78 Å². The van der Waals surface area contributed by atoms with Crippen molar-refractivity contribution >= 4 is 17.6 Å². The lowest BCUT2D eigenvalue weighted by atomic mass is 9.78. The van der Waals surface area contributed by atoms with Crippen LogP contribution >= 0.6 is 0 Å². The van der Waals surface area contributed by atoms with Crippen LogP contribution in [-0.4, -0.2) is 48.2 Å². The molecule has 0 bridgehead atoms. The Morgan fingerprint density at radius 2 is 2.04 bits per heavy atom. The van der Waals surface area contributed by atoms with Crippen molar-refractivity contribution in [3.05, 3.63) is 35.4 Å². The number of rotatable bonds is 3. The van der Waals surface area contributed by atoms with Crippen LogP contribution in [0.15, 0.2) is 24.3 Å². The second kappa shape index (κ2) is 5.77. The zero-order valence-corrected chi connectivity index (χ0v) is 13.2. The Bertz CT molecular complexity index is 673. The highest BCUT2D eigenvalue weighted by Gasteiger charge is 2.52. The Balaban J connectivity index is 1.91. The molecule has 3 rings (SSSR count). The van der Waals surface area contributed by atoms with Gasteiger partial charge in [-0.25, -0.2) is 0 Å². The van der Waals surface area contributed by atoms with Gasteiger partial charge in [0.05, 0.1) is 17.0 Å². The number of carbonyl (C=O) groups is 3. The van der Waals surface area contributed by atoms with Crippen molar-refractivity contribution in [1.29, 1.82) is 0 Å². The lowest BCUT2D eigenvalue weighted by Crippen LogP contribution is -2.47. The predicted octanol–water partition coefficient (Wildman–Crippen LogP) is 0.569. The van der Waals surface area contributed by atoms with E-state index in [2.05, 4.69) is 5.32 Å². The number of nitrogens with zero attached hydrogens (tertiary/aromatic N) is 1. The number of hydrogen-bond donors (Lipinski definition) is 2. The fourth-order valence-electron chi connectivity index (χ4n) is 3.45. The molecule has 0 aromatic heterocycles. The van der Waals surface area contributed by atoms with E-state index in [1.807, 2.05) is 6.92 Å². The summed E-state index contributed by atoms with van der Waals surface area (Å²) in [5, 5.41) is 2.93. The fraction of sp³-hybridized carbons (Fsp3) is 0.471. The molecule has 6 nitrogen and oxygen atoms in total. The van der Waals surface area contributed by atoms with Gasteiger partial charge in [-0.15, -0.1) is 0 Å². The second-order valence-corrected chi connectivity index (χ2v) is 6.48. The molecule has 2 heterocycles. The van der Waals surface area contributed by atoms with Gasteiger partial charge in [0.25, 0.3) is 5.91 Å². The molecule has 1 aromatic rings. The molecule has 1 aromatic carbocycles. The number of likely N-dealkylation sites (tertiary alicyclic amines) is 1. The van der Waals surface area contributed by atoms with Crippen LogP contribution in [0.4, 0.5) is 0 Å². The molecule has 2 atom stereocenters. The van der Waals surface area contributed by atoms with E-state index in [0.717, 1.165) is 0 Å². The lowest BCUT2D eigenvalue weighted by molar-refractivity contribution is -0.130. The van der Waals surface area contributed by atoms with E-state index < -0.39 is 5.41 Å². The molecule has 23 heavy (non-hydrogen) atoms. The smallest absolute Gasteiger partial charge is 0.252 e. The van der Waals surface area contributed by atoms with Crippen LogP contribution in [0.25, 0.3) is 0 Å². The van der Waals surface area contributed by atoms with E-state index in [-0.39, 0.29) is 23.6 Å². The molecule has 1 fully saturated rings. The molecule has 6 heteroatoms. The van der Waals surface area contributed by atoms with Crippen LogP contribution in [0.2, 0.25) is 0 Å². The third kappa shape index (κ3) is 2.53. The maximum absolute atomic E-state index is 13.0. The van der Waals surface area contributed by atoms with Crippen molar-refractivity contribution in [3.63, 3.8) is 0 Å². The number of nitrogens with two attached hydrogens (primary N) is 1. The Labute approximate surface area is 135 Å². The number of ketones is 1. The van der Waals surface area contributed by atoms with Crippen LogP contribution in [-0.2, 0) is 4.79 Å². The van der Waals surface area contributed by atoms with Crippen LogP contribution < -0.4 is 11.1 Å². The summed E-state index contributed by atoms with van der Waals surface area (Å²) in [4.78, 5) is 39.3. The third-order valence-corrected chi connectivity index (χ3v) is 4.88. The Morgan fingerprint density at radius 1 is 1.35 bits per heavy atom. The maximum Gasteiger partial charge on any atom is 0.252 e. The van der Waals surface area contributed by atoms with Gasteiger partial charge in [0, 0.05) is 25.1 Å². The number of fused-ring (bicyclic) bond motifs is 2. The first kappa shape index (κ1) is 15.7. The molecular weight excluding hydrogens is 294 g/mol. The number of hydrogen-bond acceptors (Lipinski definition) is 4. The highest BCUT2D eigenvalue weighted by molar-refractivity contribution is 6.12. The topological polar surface area (TPSA) is 92.5 Å². The fourth-order valence-corrected chi connectivity index (χ4v) is 3.45. The number of benzene rings is 1. The molecular formula is C17H21N3O3. The molecule has 0 aliphatic carbocycles. The molecule has 0 radical (unpaired) electrons. The van der Waals surface area contributed by atoms with E-state index in [1.165, 1.54) is 0 Å². The summed E-state index contributed by atoms with van der Waals surface area (Å²) in [7, 11) is 0. The van der Waals surface area contributed by atoms with Gasteiger partial charge >= 0.3 is 0 Å². The number of Topliss-reactive ketones (excluding diaryl/α,β-unsaturated/α-hetero) is 1. The Hall–Kier alpha value is -2.21. The lowest BCUT2D eigenvalue weighted by Gasteiger charge is -2.26. The van der Waals surface area contributed by atoms with Crippen molar-refractivity contribution in [2.45, 2.75) is 25.8 Å². The highest BCUT2D eigenvalue weighted by Crippen LogP contribution is 2.37. The summed E-state index contributed by atoms with van der Waals surface area (Å²) < 4.78 is 0. The minimum absolute atomic E-state index is 0.0138. The van der Waals surface area contributed by atoms with E-state index in [4.69, 9.17) is 5.73 Å². The second-order valence-electron chi connectivity index (χ2n) is 6.48. The molecule has 2 aliphatic rings. The summed E-state index contributed by atoms with van der Waals surface area (Å²) in [5.74, 6) is -0.343. The number of carbonyl (C=O) groups excluding carboxylic acids is 3. The predicted molar refractivity (Wildman–Crippen MR) is 85.0 cm³/mol. The maximum atomic E-state index is 13.0. The normalized spacial score (nSPS) is 26.3. The van der Waals surface area contributed by atoms with Crippen molar-refractivity contribution < 1.29 is 14.4 Å². The Morgan fingerprint density at radius 3 is 2.74 bits per heavy atom. The minimum atomic E-state index is -0.791. The number of amides is 2. The molecule has 2 aliphatic heterocycles. The molecule has 122 valence electrons. The first-order chi connectivity index (χ1) is 11.0. The average molecular weight is 315 g/mol. The van der Waals surface area contributed by atoms with E-state index in [0.29, 0.717) is 43.6 Å². The van der Waals surface area contributed by atoms with Crippen molar-refractivity contribution in [1.82, 2.24) is 10.2 Å². The molecule has 0 saturated carbocycles. The average Bonchev–Trinajstić information content (AvgIpc) is 2.86. The standard InChI is InChI=1S/C17H21N3O3/c1-17-10-20(14(21)7-4-8-18)9-13(17)19-16(23)12-6-3-2-5-11(12)15(17)22/h2-3,5-6,13H,4,7-10,18H2,1H3,(H,19,23)/t13-,17+/m1/s1.